The van der Waals surface area contributed by atoms with Crippen molar-refractivity contribution in [2.75, 3.05) is 0 Å². The zero-order valence-electron chi connectivity index (χ0n) is 13.1. The second kappa shape index (κ2) is 7.60. The SMILES string of the molecule is CC(C)[C@H]1CCCC(=O)N[C@H](CCc2ccccc2)[C@H]1O. The van der Waals surface area contributed by atoms with Gasteiger partial charge >= 0.3 is 0 Å². The molecule has 0 aliphatic carbocycles. The van der Waals surface area contributed by atoms with E-state index in [1.54, 1.807) is 0 Å². The standard InChI is InChI=1S/C18H27NO2/c1-13(2)15-9-6-10-17(20)19-16(18(15)21)12-11-14-7-4-3-5-8-14/h3-5,7-8,13,15-16,18,21H,6,9-12H2,1-2H3,(H,19,20)/t15-,16-,18+/m1/s1. The molecule has 116 valence electrons. The average molecular weight is 289 g/mol. The Bertz CT molecular complexity index is 444. The fraction of sp³-hybridized carbons (Fsp3) is 0.611. The Balaban J connectivity index is 2.03. The van der Waals surface area contributed by atoms with Crippen molar-refractivity contribution in [3.05, 3.63) is 35.9 Å². The number of carbonyl (C=O) groups is 1. The van der Waals surface area contributed by atoms with Crippen molar-refractivity contribution in [2.24, 2.45) is 11.8 Å². The second-order valence-electron chi connectivity index (χ2n) is 6.49. The van der Waals surface area contributed by atoms with Gasteiger partial charge in [-0.2, -0.15) is 0 Å². The van der Waals surface area contributed by atoms with Gasteiger partial charge in [0.25, 0.3) is 0 Å². The third kappa shape index (κ3) is 4.57. The molecule has 1 aliphatic heterocycles. The van der Waals surface area contributed by atoms with Crippen LogP contribution in [0.15, 0.2) is 30.3 Å². The van der Waals surface area contributed by atoms with Gasteiger partial charge in [-0.3, -0.25) is 4.79 Å². The fourth-order valence-corrected chi connectivity index (χ4v) is 3.27. The molecule has 3 atom stereocenters. The molecule has 0 aromatic heterocycles. The van der Waals surface area contributed by atoms with Gasteiger partial charge in [0.1, 0.15) is 0 Å². The average Bonchev–Trinajstić information content (AvgIpc) is 2.46. The molecule has 1 fully saturated rings. The lowest BCUT2D eigenvalue weighted by Gasteiger charge is -2.35. The lowest BCUT2D eigenvalue weighted by atomic mass is 9.80. The van der Waals surface area contributed by atoms with E-state index in [1.165, 1.54) is 5.56 Å². The van der Waals surface area contributed by atoms with Crippen LogP contribution in [-0.4, -0.2) is 23.2 Å². The molecule has 3 nitrogen and oxygen atoms in total. The van der Waals surface area contributed by atoms with Crippen LogP contribution in [-0.2, 0) is 11.2 Å². The summed E-state index contributed by atoms with van der Waals surface area (Å²) in [5, 5.41) is 13.7. The van der Waals surface area contributed by atoms with E-state index in [4.69, 9.17) is 0 Å². The molecule has 1 aliphatic rings. The number of aliphatic hydroxyl groups excluding tert-OH is 1. The van der Waals surface area contributed by atoms with E-state index in [9.17, 15) is 9.90 Å². The number of carbonyl (C=O) groups excluding carboxylic acids is 1. The molecule has 1 saturated heterocycles. The zero-order chi connectivity index (χ0) is 15.2. The van der Waals surface area contributed by atoms with Crippen molar-refractivity contribution in [1.82, 2.24) is 5.32 Å². The number of aryl methyl sites for hydroxylation is 1. The van der Waals surface area contributed by atoms with E-state index in [-0.39, 0.29) is 17.9 Å². The molecule has 1 aromatic carbocycles. The predicted octanol–water partition coefficient (Wildman–Crippen LogP) is 2.92. The Labute approximate surface area is 127 Å². The van der Waals surface area contributed by atoms with Gasteiger partial charge in [-0.1, -0.05) is 44.2 Å². The first-order valence-electron chi connectivity index (χ1n) is 8.09. The summed E-state index contributed by atoms with van der Waals surface area (Å²) in [6.07, 6.45) is 3.62. The van der Waals surface area contributed by atoms with Crippen molar-refractivity contribution in [3.8, 4) is 0 Å². The number of hydrogen-bond donors (Lipinski definition) is 2. The molecule has 0 spiro atoms. The van der Waals surface area contributed by atoms with Gasteiger partial charge in [0.2, 0.25) is 5.91 Å². The molecule has 0 radical (unpaired) electrons. The van der Waals surface area contributed by atoms with Crippen LogP contribution in [0.1, 0.15) is 45.1 Å². The van der Waals surface area contributed by atoms with E-state index in [1.807, 2.05) is 18.2 Å². The maximum Gasteiger partial charge on any atom is 0.220 e. The molecule has 21 heavy (non-hydrogen) atoms. The Morgan fingerprint density at radius 3 is 2.67 bits per heavy atom. The number of benzene rings is 1. The van der Waals surface area contributed by atoms with Crippen molar-refractivity contribution < 1.29 is 9.90 Å². The number of rotatable bonds is 4. The van der Waals surface area contributed by atoms with E-state index in [2.05, 4.69) is 31.3 Å². The molecule has 1 amide bonds. The van der Waals surface area contributed by atoms with Crippen LogP contribution in [0.5, 0.6) is 0 Å². The van der Waals surface area contributed by atoms with E-state index >= 15 is 0 Å². The van der Waals surface area contributed by atoms with Gasteiger partial charge < -0.3 is 10.4 Å². The third-order valence-electron chi connectivity index (χ3n) is 4.58. The molecule has 2 rings (SSSR count). The first-order valence-corrected chi connectivity index (χ1v) is 8.09. The monoisotopic (exact) mass is 289 g/mol. The quantitative estimate of drug-likeness (QED) is 0.895. The van der Waals surface area contributed by atoms with Gasteiger partial charge in [-0.05, 0) is 43.1 Å². The highest BCUT2D eigenvalue weighted by Gasteiger charge is 2.32. The third-order valence-corrected chi connectivity index (χ3v) is 4.58. The summed E-state index contributed by atoms with van der Waals surface area (Å²) in [4.78, 5) is 11.9. The van der Waals surface area contributed by atoms with E-state index < -0.39 is 6.10 Å². The molecule has 0 saturated carbocycles. The number of amides is 1. The summed E-state index contributed by atoms with van der Waals surface area (Å²) in [6, 6.07) is 10.1. The maximum atomic E-state index is 11.9. The number of nitrogens with one attached hydrogen (secondary N) is 1. The van der Waals surface area contributed by atoms with Crippen LogP contribution in [0.25, 0.3) is 0 Å². The maximum absolute atomic E-state index is 11.9. The lowest BCUT2D eigenvalue weighted by molar-refractivity contribution is -0.124. The Morgan fingerprint density at radius 2 is 2.00 bits per heavy atom. The topological polar surface area (TPSA) is 49.3 Å². The van der Waals surface area contributed by atoms with Crippen LogP contribution in [0.2, 0.25) is 0 Å². The lowest BCUT2D eigenvalue weighted by Crippen LogP contribution is -2.49. The highest BCUT2D eigenvalue weighted by molar-refractivity contribution is 5.76. The van der Waals surface area contributed by atoms with Gasteiger partial charge in [-0.25, -0.2) is 0 Å². The van der Waals surface area contributed by atoms with Gasteiger partial charge in [-0.15, -0.1) is 0 Å². The highest BCUT2D eigenvalue weighted by atomic mass is 16.3. The second-order valence-corrected chi connectivity index (χ2v) is 6.49. The summed E-state index contributed by atoms with van der Waals surface area (Å²) in [6.45, 7) is 4.32. The summed E-state index contributed by atoms with van der Waals surface area (Å²) in [7, 11) is 0. The molecule has 0 bridgehead atoms. The van der Waals surface area contributed by atoms with Crippen LogP contribution in [0.3, 0.4) is 0 Å². The van der Waals surface area contributed by atoms with Crippen molar-refractivity contribution in [2.45, 2.75) is 58.1 Å². The van der Waals surface area contributed by atoms with Crippen LogP contribution in [0.4, 0.5) is 0 Å². The summed E-state index contributed by atoms with van der Waals surface area (Å²) >= 11 is 0. The molecular weight excluding hydrogens is 262 g/mol. The minimum Gasteiger partial charge on any atom is -0.391 e. The van der Waals surface area contributed by atoms with E-state index in [0.717, 1.165) is 25.7 Å². The molecular formula is C18H27NO2. The van der Waals surface area contributed by atoms with Crippen LogP contribution < -0.4 is 5.32 Å². The Morgan fingerprint density at radius 1 is 1.29 bits per heavy atom. The number of hydrogen-bond acceptors (Lipinski definition) is 2. The first-order chi connectivity index (χ1) is 10.1. The molecule has 1 heterocycles. The minimum absolute atomic E-state index is 0.0781. The first kappa shape index (κ1) is 16.0. The zero-order valence-corrected chi connectivity index (χ0v) is 13.1. The summed E-state index contributed by atoms with van der Waals surface area (Å²) in [5.74, 6) is 0.787. The molecule has 1 aromatic rings. The van der Waals surface area contributed by atoms with Crippen molar-refractivity contribution in [3.63, 3.8) is 0 Å². The van der Waals surface area contributed by atoms with Crippen molar-refractivity contribution in [1.29, 1.82) is 0 Å². The van der Waals surface area contributed by atoms with Crippen LogP contribution in [0, 0.1) is 11.8 Å². The molecule has 3 heteroatoms. The Kier molecular flexibility index (Phi) is 5.80. The predicted molar refractivity (Wildman–Crippen MR) is 84.9 cm³/mol. The smallest absolute Gasteiger partial charge is 0.220 e. The Hall–Kier alpha value is -1.35. The largest absolute Gasteiger partial charge is 0.391 e. The molecule has 0 unspecified atom stereocenters. The van der Waals surface area contributed by atoms with Gasteiger partial charge in [0.15, 0.2) is 0 Å². The summed E-state index contributed by atoms with van der Waals surface area (Å²) in [5.41, 5.74) is 1.25. The van der Waals surface area contributed by atoms with Crippen molar-refractivity contribution >= 4 is 5.91 Å². The number of aliphatic hydroxyl groups is 1. The summed E-state index contributed by atoms with van der Waals surface area (Å²) < 4.78 is 0. The normalized spacial score (nSPS) is 27.0. The molecule has 2 N–H and O–H groups in total. The fourth-order valence-electron chi connectivity index (χ4n) is 3.27. The van der Waals surface area contributed by atoms with E-state index in [0.29, 0.717) is 12.3 Å². The van der Waals surface area contributed by atoms with Crippen LogP contribution >= 0.6 is 0 Å². The van der Waals surface area contributed by atoms with Gasteiger partial charge in [0.05, 0.1) is 12.1 Å². The highest BCUT2D eigenvalue weighted by Crippen LogP contribution is 2.27. The minimum atomic E-state index is -0.446. The van der Waals surface area contributed by atoms with Gasteiger partial charge in [0, 0.05) is 6.42 Å².